The molecule has 2 aliphatic rings. The number of nitrogens with zero attached hydrogens (tertiary/aromatic N) is 4. The Balaban J connectivity index is 0.000000330. The van der Waals surface area contributed by atoms with Crippen LogP contribution >= 0.6 is 0 Å². The molecule has 1 amide bonds. The van der Waals surface area contributed by atoms with Gasteiger partial charge in [-0.1, -0.05) is 5.16 Å². The topological polar surface area (TPSA) is 159 Å². The molecule has 0 bridgehead atoms. The van der Waals surface area contributed by atoms with Gasteiger partial charge in [-0.3, -0.25) is 14.7 Å². The standard InChI is InChI=1S/C15H17N5O2.C2H2O4/c21-13(17-12-3-4-12)9-20-7-11(8-20)15-18-14(19-22-15)10-2-1-5-16-6-10;3-1(4)2(5)6/h1-2,5-6,11-12H,3-4,7-9H2,(H,17,21);(H,3,4)(H,5,6). The lowest BCUT2D eigenvalue weighted by atomic mass is 10.0. The third-order valence-corrected chi connectivity index (χ3v) is 4.16. The molecule has 0 aromatic carbocycles. The average molecular weight is 389 g/mol. The molecule has 0 unspecified atom stereocenters. The number of carboxylic acids is 2. The lowest BCUT2D eigenvalue weighted by molar-refractivity contribution is -0.159. The van der Waals surface area contributed by atoms with Gasteiger partial charge >= 0.3 is 11.9 Å². The van der Waals surface area contributed by atoms with Gasteiger partial charge in [0.25, 0.3) is 0 Å². The number of likely N-dealkylation sites (tertiary alicyclic amines) is 1. The molecule has 1 aliphatic heterocycles. The van der Waals surface area contributed by atoms with Crippen molar-refractivity contribution in [2.75, 3.05) is 19.6 Å². The van der Waals surface area contributed by atoms with Crippen molar-refractivity contribution in [3.63, 3.8) is 0 Å². The van der Waals surface area contributed by atoms with Crippen molar-refractivity contribution in [2.45, 2.75) is 24.8 Å². The first kappa shape index (κ1) is 19.4. The largest absolute Gasteiger partial charge is 0.473 e. The van der Waals surface area contributed by atoms with Gasteiger partial charge in [0.05, 0.1) is 12.5 Å². The zero-order valence-corrected chi connectivity index (χ0v) is 14.8. The Bertz CT molecular complexity index is 833. The third-order valence-electron chi connectivity index (χ3n) is 4.16. The van der Waals surface area contributed by atoms with Gasteiger partial charge < -0.3 is 20.1 Å². The maximum Gasteiger partial charge on any atom is 0.414 e. The number of pyridine rings is 1. The number of rotatable bonds is 5. The molecule has 0 radical (unpaired) electrons. The molecule has 148 valence electrons. The van der Waals surface area contributed by atoms with Gasteiger partial charge in [0.2, 0.25) is 17.6 Å². The van der Waals surface area contributed by atoms with Crippen LogP contribution in [0.15, 0.2) is 29.0 Å². The van der Waals surface area contributed by atoms with Gasteiger partial charge in [-0.15, -0.1) is 0 Å². The molecule has 2 aromatic heterocycles. The molecule has 1 saturated carbocycles. The third kappa shape index (κ3) is 5.33. The number of carboxylic acid groups (broad SMARTS) is 2. The van der Waals surface area contributed by atoms with Gasteiger partial charge in [0.1, 0.15) is 0 Å². The molecule has 0 atom stereocenters. The van der Waals surface area contributed by atoms with Crippen molar-refractivity contribution in [3.8, 4) is 11.4 Å². The van der Waals surface area contributed by atoms with Crippen LogP contribution in [-0.4, -0.2) is 73.8 Å². The number of aromatic nitrogens is 3. The van der Waals surface area contributed by atoms with Crippen molar-refractivity contribution in [1.29, 1.82) is 0 Å². The van der Waals surface area contributed by atoms with Crippen LogP contribution in [0.1, 0.15) is 24.7 Å². The number of carbonyl (C=O) groups is 3. The summed E-state index contributed by atoms with van der Waals surface area (Å²) in [6.45, 7) is 2.02. The van der Waals surface area contributed by atoms with Crippen molar-refractivity contribution in [1.82, 2.24) is 25.3 Å². The zero-order valence-electron chi connectivity index (χ0n) is 14.8. The Kier molecular flexibility index (Phi) is 5.94. The van der Waals surface area contributed by atoms with E-state index in [0.29, 0.717) is 24.3 Å². The number of aliphatic carboxylic acids is 2. The highest BCUT2D eigenvalue weighted by molar-refractivity contribution is 6.27. The number of amides is 1. The summed E-state index contributed by atoms with van der Waals surface area (Å²) < 4.78 is 5.33. The smallest absolute Gasteiger partial charge is 0.414 e. The summed E-state index contributed by atoms with van der Waals surface area (Å²) >= 11 is 0. The van der Waals surface area contributed by atoms with E-state index >= 15 is 0 Å². The lowest BCUT2D eigenvalue weighted by Crippen LogP contribution is -2.49. The SMILES string of the molecule is O=C(CN1CC(c2nc(-c3cccnc3)no2)C1)NC1CC1.O=C(O)C(=O)O. The summed E-state index contributed by atoms with van der Waals surface area (Å²) in [6, 6.07) is 4.16. The maximum atomic E-state index is 11.7. The van der Waals surface area contributed by atoms with Gasteiger partial charge in [0.15, 0.2) is 0 Å². The van der Waals surface area contributed by atoms with E-state index in [2.05, 4.69) is 25.3 Å². The van der Waals surface area contributed by atoms with Crippen molar-refractivity contribution >= 4 is 17.8 Å². The van der Waals surface area contributed by atoms with E-state index in [4.69, 9.17) is 24.3 Å². The minimum Gasteiger partial charge on any atom is -0.473 e. The van der Waals surface area contributed by atoms with Crippen LogP contribution in [0, 0.1) is 0 Å². The number of hydrogen-bond acceptors (Lipinski definition) is 8. The van der Waals surface area contributed by atoms with Crippen molar-refractivity contribution in [2.24, 2.45) is 0 Å². The Morgan fingerprint density at radius 3 is 2.50 bits per heavy atom. The summed E-state index contributed by atoms with van der Waals surface area (Å²) in [5.41, 5.74) is 0.845. The molecular formula is C17H19N5O6. The summed E-state index contributed by atoms with van der Waals surface area (Å²) in [5, 5.41) is 21.8. The maximum absolute atomic E-state index is 11.7. The summed E-state index contributed by atoms with van der Waals surface area (Å²) in [7, 11) is 0. The minimum absolute atomic E-state index is 0.113. The predicted octanol–water partition coefficient (Wildman–Crippen LogP) is -0.0350. The Hall–Kier alpha value is -3.34. The molecular weight excluding hydrogens is 370 g/mol. The highest BCUT2D eigenvalue weighted by Gasteiger charge is 2.34. The van der Waals surface area contributed by atoms with Gasteiger partial charge in [-0.2, -0.15) is 4.98 Å². The molecule has 2 aromatic rings. The molecule has 0 spiro atoms. The Morgan fingerprint density at radius 2 is 1.93 bits per heavy atom. The van der Waals surface area contributed by atoms with Crippen LogP contribution < -0.4 is 5.32 Å². The normalized spacial score (nSPS) is 16.4. The van der Waals surface area contributed by atoms with Gasteiger partial charge in [-0.25, -0.2) is 9.59 Å². The average Bonchev–Trinajstić information content (AvgIpc) is 3.31. The number of nitrogens with one attached hydrogen (secondary N) is 1. The molecule has 11 nitrogen and oxygen atoms in total. The number of carbonyl (C=O) groups excluding carboxylic acids is 1. The second kappa shape index (κ2) is 8.57. The van der Waals surface area contributed by atoms with Crippen LogP contribution in [0.3, 0.4) is 0 Å². The fourth-order valence-electron chi connectivity index (χ4n) is 2.57. The van der Waals surface area contributed by atoms with E-state index in [9.17, 15) is 4.79 Å². The second-order valence-corrected chi connectivity index (χ2v) is 6.54. The van der Waals surface area contributed by atoms with Gasteiger partial charge in [0, 0.05) is 37.1 Å². The van der Waals surface area contributed by atoms with E-state index in [1.165, 1.54) is 0 Å². The van der Waals surface area contributed by atoms with E-state index in [-0.39, 0.29) is 11.8 Å². The zero-order chi connectivity index (χ0) is 20.1. The first-order chi connectivity index (χ1) is 13.4. The van der Waals surface area contributed by atoms with Crippen LogP contribution in [0.5, 0.6) is 0 Å². The van der Waals surface area contributed by atoms with Crippen LogP contribution in [0.2, 0.25) is 0 Å². The van der Waals surface area contributed by atoms with E-state index < -0.39 is 11.9 Å². The molecule has 3 N–H and O–H groups in total. The van der Waals surface area contributed by atoms with Crippen molar-refractivity contribution < 1.29 is 29.1 Å². The van der Waals surface area contributed by atoms with Crippen molar-refractivity contribution in [3.05, 3.63) is 30.4 Å². The first-order valence-electron chi connectivity index (χ1n) is 8.64. The second-order valence-electron chi connectivity index (χ2n) is 6.54. The Morgan fingerprint density at radius 1 is 1.21 bits per heavy atom. The fraction of sp³-hybridized carbons (Fsp3) is 0.412. The highest BCUT2D eigenvalue weighted by Crippen LogP contribution is 2.27. The van der Waals surface area contributed by atoms with E-state index in [0.717, 1.165) is 31.5 Å². The molecule has 4 rings (SSSR count). The molecule has 1 saturated heterocycles. The van der Waals surface area contributed by atoms with Crippen LogP contribution in [0.25, 0.3) is 11.4 Å². The highest BCUT2D eigenvalue weighted by atomic mass is 16.5. The fourth-order valence-corrected chi connectivity index (χ4v) is 2.57. The predicted molar refractivity (Wildman–Crippen MR) is 93.1 cm³/mol. The quantitative estimate of drug-likeness (QED) is 0.592. The molecule has 1 aliphatic carbocycles. The molecule has 28 heavy (non-hydrogen) atoms. The molecule has 11 heteroatoms. The summed E-state index contributed by atoms with van der Waals surface area (Å²) in [4.78, 5) is 40.5. The first-order valence-corrected chi connectivity index (χ1v) is 8.64. The Labute approximate surface area is 159 Å². The van der Waals surface area contributed by atoms with Crippen LogP contribution in [0.4, 0.5) is 0 Å². The van der Waals surface area contributed by atoms with Gasteiger partial charge in [-0.05, 0) is 25.0 Å². The molecule has 2 fully saturated rings. The summed E-state index contributed by atoms with van der Waals surface area (Å²) in [5.74, 6) is -2.12. The number of hydrogen-bond donors (Lipinski definition) is 3. The minimum atomic E-state index is -1.82. The monoisotopic (exact) mass is 389 g/mol. The summed E-state index contributed by atoms with van der Waals surface area (Å²) in [6.07, 6.45) is 5.66. The molecule has 3 heterocycles. The van der Waals surface area contributed by atoms with E-state index in [1.807, 2.05) is 12.1 Å². The lowest BCUT2D eigenvalue weighted by Gasteiger charge is -2.36. The van der Waals surface area contributed by atoms with E-state index in [1.54, 1.807) is 12.4 Å². The van der Waals surface area contributed by atoms with Crippen LogP contribution in [-0.2, 0) is 14.4 Å².